The van der Waals surface area contributed by atoms with E-state index in [4.69, 9.17) is 4.74 Å². The van der Waals surface area contributed by atoms with Gasteiger partial charge in [0.25, 0.3) is 11.8 Å². The van der Waals surface area contributed by atoms with Crippen LogP contribution < -0.4 is 0 Å². The molecule has 0 radical (unpaired) electrons. The molecule has 2 aliphatic heterocycles. The lowest BCUT2D eigenvalue weighted by Crippen LogP contribution is -2.55. The number of nitrogens with zero attached hydrogens (tertiary/aromatic N) is 5. The molecule has 0 bridgehead atoms. The van der Waals surface area contributed by atoms with Gasteiger partial charge in [-0.25, -0.2) is 18.7 Å². The zero-order valence-electron chi connectivity index (χ0n) is 20.2. The van der Waals surface area contributed by atoms with Crippen LogP contribution in [0.3, 0.4) is 0 Å². The van der Waals surface area contributed by atoms with E-state index in [2.05, 4.69) is 14.9 Å². The van der Waals surface area contributed by atoms with Crippen LogP contribution >= 0.6 is 0 Å². The van der Waals surface area contributed by atoms with Crippen molar-refractivity contribution in [1.82, 2.24) is 24.3 Å². The van der Waals surface area contributed by atoms with E-state index < -0.39 is 18.4 Å². The Morgan fingerprint density at radius 2 is 1.78 bits per heavy atom. The van der Waals surface area contributed by atoms with Crippen molar-refractivity contribution in [3.63, 3.8) is 0 Å². The Bertz CT molecular complexity index is 1220. The summed E-state index contributed by atoms with van der Waals surface area (Å²) in [7, 11) is 0. The smallest absolute Gasteiger partial charge is 0.277 e. The molecule has 3 fully saturated rings. The normalized spacial score (nSPS) is 23.6. The molecule has 190 valence electrons. The summed E-state index contributed by atoms with van der Waals surface area (Å²) >= 11 is 0. The van der Waals surface area contributed by atoms with Crippen LogP contribution in [0.2, 0.25) is 0 Å². The first-order chi connectivity index (χ1) is 17.5. The maximum absolute atomic E-state index is 14.9. The molecule has 3 aliphatic rings. The highest BCUT2D eigenvalue weighted by Gasteiger charge is 2.47. The van der Waals surface area contributed by atoms with Gasteiger partial charge in [-0.15, -0.1) is 0 Å². The van der Waals surface area contributed by atoms with Gasteiger partial charge in [-0.05, 0) is 37.8 Å². The molecule has 1 unspecified atom stereocenters. The number of piperidine rings is 2. The first kappa shape index (κ1) is 23.5. The molecule has 2 saturated heterocycles. The Balaban J connectivity index is 1.21. The van der Waals surface area contributed by atoms with E-state index in [1.54, 1.807) is 17.0 Å². The number of benzene rings is 1. The first-order valence-electron chi connectivity index (χ1n) is 12.9. The summed E-state index contributed by atoms with van der Waals surface area (Å²) in [5.74, 6) is -3.25. The molecule has 1 atom stereocenters. The van der Waals surface area contributed by atoms with Crippen LogP contribution in [-0.4, -0.2) is 80.6 Å². The van der Waals surface area contributed by atoms with Crippen molar-refractivity contribution in [3.8, 4) is 5.69 Å². The maximum Gasteiger partial charge on any atom is 0.277 e. The summed E-state index contributed by atoms with van der Waals surface area (Å²) < 4.78 is 37.7. The SMILES string of the molecule is O=C(c1cc2ccccc2n1-c1cncnc1)N1CCC(F)(F)C(OC2CCN(C3CCC3)CC2)C1. The molecule has 2 aromatic heterocycles. The summed E-state index contributed by atoms with van der Waals surface area (Å²) in [5, 5.41) is 0.887. The lowest BCUT2D eigenvalue weighted by atomic mass is 9.89. The van der Waals surface area contributed by atoms with Gasteiger partial charge in [-0.1, -0.05) is 24.6 Å². The number of carbonyl (C=O) groups is 1. The van der Waals surface area contributed by atoms with Crippen molar-refractivity contribution in [2.75, 3.05) is 26.2 Å². The number of carbonyl (C=O) groups excluding carboxylic acids is 1. The predicted molar refractivity (Wildman–Crippen MR) is 131 cm³/mol. The van der Waals surface area contributed by atoms with Gasteiger partial charge < -0.3 is 19.1 Å². The van der Waals surface area contributed by atoms with Gasteiger partial charge in [0.1, 0.15) is 18.1 Å². The van der Waals surface area contributed by atoms with E-state index in [-0.39, 0.29) is 25.1 Å². The highest BCUT2D eigenvalue weighted by Crippen LogP contribution is 2.35. The zero-order valence-corrected chi connectivity index (χ0v) is 20.2. The van der Waals surface area contributed by atoms with Crippen molar-refractivity contribution in [2.45, 2.75) is 62.7 Å². The number of hydrogen-bond donors (Lipinski definition) is 0. The molecule has 3 aromatic rings. The second kappa shape index (κ2) is 9.52. The highest BCUT2D eigenvalue weighted by molar-refractivity contribution is 6.00. The van der Waals surface area contributed by atoms with Gasteiger partial charge in [0.05, 0.1) is 36.2 Å². The maximum atomic E-state index is 14.9. The molecule has 0 spiro atoms. The fourth-order valence-corrected chi connectivity index (χ4v) is 5.72. The van der Waals surface area contributed by atoms with Crippen LogP contribution in [0.25, 0.3) is 16.6 Å². The van der Waals surface area contributed by atoms with E-state index in [9.17, 15) is 13.6 Å². The number of amides is 1. The molecular formula is C27H31F2N5O2. The molecule has 1 saturated carbocycles. The van der Waals surface area contributed by atoms with E-state index >= 15 is 0 Å². The Hall–Kier alpha value is -2.91. The lowest BCUT2D eigenvalue weighted by Gasteiger charge is -2.44. The molecule has 6 rings (SSSR count). The van der Waals surface area contributed by atoms with Gasteiger partial charge in [0, 0.05) is 37.5 Å². The van der Waals surface area contributed by atoms with Gasteiger partial charge in [-0.3, -0.25) is 4.79 Å². The average molecular weight is 496 g/mol. The van der Waals surface area contributed by atoms with E-state index in [0.29, 0.717) is 17.4 Å². The quantitative estimate of drug-likeness (QED) is 0.528. The van der Waals surface area contributed by atoms with E-state index in [1.807, 2.05) is 30.3 Å². The summed E-state index contributed by atoms with van der Waals surface area (Å²) in [6.45, 7) is 1.66. The Morgan fingerprint density at radius 3 is 2.50 bits per heavy atom. The topological polar surface area (TPSA) is 63.5 Å². The van der Waals surface area contributed by atoms with E-state index in [1.165, 1.54) is 30.5 Å². The number of ether oxygens (including phenoxy) is 1. The number of rotatable bonds is 5. The van der Waals surface area contributed by atoms with Gasteiger partial charge in [0.2, 0.25) is 0 Å². The van der Waals surface area contributed by atoms with Crippen molar-refractivity contribution in [3.05, 3.63) is 54.7 Å². The third kappa shape index (κ3) is 4.39. The Morgan fingerprint density at radius 1 is 1.03 bits per heavy atom. The number of halogens is 2. The Labute approximate surface area is 209 Å². The molecular weight excluding hydrogens is 464 g/mol. The summed E-state index contributed by atoms with van der Waals surface area (Å²) in [5.41, 5.74) is 1.89. The molecule has 36 heavy (non-hydrogen) atoms. The summed E-state index contributed by atoms with van der Waals surface area (Å²) in [6, 6.07) is 10.1. The van der Waals surface area contributed by atoms with Crippen molar-refractivity contribution in [1.29, 1.82) is 0 Å². The third-order valence-electron chi connectivity index (χ3n) is 8.02. The van der Waals surface area contributed by atoms with Gasteiger partial charge in [-0.2, -0.15) is 0 Å². The van der Waals surface area contributed by atoms with Crippen molar-refractivity contribution >= 4 is 16.8 Å². The largest absolute Gasteiger partial charge is 0.367 e. The van der Waals surface area contributed by atoms with E-state index in [0.717, 1.165) is 36.8 Å². The lowest BCUT2D eigenvalue weighted by molar-refractivity contribution is -0.191. The van der Waals surface area contributed by atoms with Crippen LogP contribution in [0, 0.1) is 0 Å². The van der Waals surface area contributed by atoms with Crippen LogP contribution in [0.5, 0.6) is 0 Å². The van der Waals surface area contributed by atoms with Crippen LogP contribution in [0.1, 0.15) is 49.0 Å². The van der Waals surface area contributed by atoms with Gasteiger partial charge >= 0.3 is 0 Å². The first-order valence-corrected chi connectivity index (χ1v) is 12.9. The second-order valence-electron chi connectivity index (χ2n) is 10.2. The summed E-state index contributed by atoms with van der Waals surface area (Å²) in [6.07, 6.45) is 8.12. The fraction of sp³-hybridized carbons (Fsp3) is 0.519. The summed E-state index contributed by atoms with van der Waals surface area (Å²) in [4.78, 5) is 25.9. The number of aromatic nitrogens is 3. The zero-order chi connectivity index (χ0) is 24.7. The highest BCUT2D eigenvalue weighted by atomic mass is 19.3. The second-order valence-corrected chi connectivity index (χ2v) is 10.2. The van der Waals surface area contributed by atoms with Crippen molar-refractivity contribution < 1.29 is 18.3 Å². The van der Waals surface area contributed by atoms with Crippen molar-refractivity contribution in [2.24, 2.45) is 0 Å². The molecule has 1 aromatic carbocycles. The van der Waals surface area contributed by atoms with Crippen LogP contribution in [0.15, 0.2) is 49.1 Å². The molecule has 7 nitrogen and oxygen atoms in total. The number of para-hydroxylation sites is 1. The average Bonchev–Trinajstić information content (AvgIpc) is 3.25. The van der Waals surface area contributed by atoms with Gasteiger partial charge in [0.15, 0.2) is 0 Å². The number of alkyl halides is 2. The minimum absolute atomic E-state index is 0.0152. The molecule has 1 aliphatic carbocycles. The van der Waals surface area contributed by atoms with Crippen LogP contribution in [-0.2, 0) is 4.74 Å². The third-order valence-corrected chi connectivity index (χ3v) is 8.02. The number of hydrogen-bond acceptors (Lipinski definition) is 5. The van der Waals surface area contributed by atoms with Crippen LogP contribution in [0.4, 0.5) is 8.78 Å². The Kier molecular flexibility index (Phi) is 6.21. The molecule has 0 N–H and O–H groups in total. The number of likely N-dealkylation sites (tertiary alicyclic amines) is 2. The molecule has 4 heterocycles. The number of fused-ring (bicyclic) bond motifs is 1. The standard InChI is InChI=1S/C27H31F2N5O2/c28-27(29)10-13-33(17-25(27)36-22-8-11-32(12-9-22)20-5-3-6-20)26(35)24-14-19-4-1-2-7-23(19)34(24)21-15-30-18-31-16-21/h1-2,4,7,14-16,18,20,22,25H,3,5-6,8-13,17H2. The molecule has 1 amide bonds. The monoisotopic (exact) mass is 495 g/mol. The molecule has 9 heteroatoms. The minimum atomic E-state index is -2.96. The minimum Gasteiger partial charge on any atom is -0.367 e. The predicted octanol–water partition coefficient (Wildman–Crippen LogP) is 4.30. The fourth-order valence-electron chi connectivity index (χ4n) is 5.72.